The van der Waals surface area contributed by atoms with Gasteiger partial charge in [0.25, 0.3) is 5.56 Å². The molecule has 0 saturated heterocycles. The fourth-order valence-electron chi connectivity index (χ4n) is 4.45. The van der Waals surface area contributed by atoms with Crippen LogP contribution in [0.2, 0.25) is 5.02 Å². The van der Waals surface area contributed by atoms with E-state index >= 15 is 0 Å². The second kappa shape index (κ2) is 12.3. The zero-order chi connectivity index (χ0) is 32.4. The van der Waals surface area contributed by atoms with Gasteiger partial charge in [-0.05, 0) is 78.1 Å². The number of anilines is 2. The van der Waals surface area contributed by atoms with Gasteiger partial charge in [-0.2, -0.15) is 10.2 Å². The molecule has 12 heteroatoms. The third kappa shape index (κ3) is 7.15. The molecule has 228 valence electrons. The molecule has 2 aromatic heterocycles. The van der Waals surface area contributed by atoms with E-state index in [0.29, 0.717) is 22.2 Å². The summed E-state index contributed by atoms with van der Waals surface area (Å²) in [6, 6.07) is 16.8. The number of hydrogen-bond acceptors (Lipinski definition) is 8. The SMILES string of the molecule is C[C@@H](c1cc2cccc(Cl)c2c(=O)n1-c1ccccc1)N(C(=O)OC(C)(C)C)c1nc(NC(=O)OC(C)(C)C)ncc1C#N. The first-order valence-electron chi connectivity index (χ1n) is 13.8. The minimum atomic E-state index is -0.947. The molecule has 0 aliphatic carbocycles. The van der Waals surface area contributed by atoms with E-state index in [9.17, 15) is 19.6 Å². The molecule has 2 amide bonds. The first-order chi connectivity index (χ1) is 20.6. The number of benzene rings is 2. The lowest BCUT2D eigenvalue weighted by molar-refractivity contribution is 0.0564. The topological polar surface area (TPSA) is 139 Å². The van der Waals surface area contributed by atoms with Crippen LogP contribution in [-0.2, 0) is 9.47 Å². The molecule has 0 saturated carbocycles. The van der Waals surface area contributed by atoms with E-state index in [-0.39, 0.29) is 22.4 Å². The number of nitrogens with one attached hydrogen (secondary N) is 1. The number of amides is 2. The molecule has 44 heavy (non-hydrogen) atoms. The van der Waals surface area contributed by atoms with Crippen LogP contribution in [0.4, 0.5) is 21.4 Å². The van der Waals surface area contributed by atoms with Gasteiger partial charge in [0.1, 0.15) is 22.8 Å². The van der Waals surface area contributed by atoms with Gasteiger partial charge in [0.2, 0.25) is 5.95 Å². The molecule has 0 spiro atoms. The first kappa shape index (κ1) is 32.0. The number of hydrogen-bond donors (Lipinski definition) is 1. The largest absolute Gasteiger partial charge is 0.444 e. The van der Waals surface area contributed by atoms with Gasteiger partial charge >= 0.3 is 12.2 Å². The van der Waals surface area contributed by atoms with Crippen molar-refractivity contribution >= 4 is 46.3 Å². The Labute approximate surface area is 260 Å². The molecule has 0 radical (unpaired) electrons. The molecular formula is C32H33ClN6O5. The molecule has 0 bridgehead atoms. The highest BCUT2D eigenvalue weighted by atomic mass is 35.5. The van der Waals surface area contributed by atoms with Crippen LogP contribution in [0.5, 0.6) is 0 Å². The number of rotatable bonds is 5. The summed E-state index contributed by atoms with van der Waals surface area (Å²) in [5, 5.41) is 13.6. The van der Waals surface area contributed by atoms with Crippen molar-refractivity contribution < 1.29 is 19.1 Å². The van der Waals surface area contributed by atoms with E-state index in [1.807, 2.05) is 12.1 Å². The van der Waals surface area contributed by atoms with Crippen molar-refractivity contribution in [1.29, 1.82) is 5.26 Å². The number of halogens is 1. The Kier molecular flexibility index (Phi) is 8.97. The van der Waals surface area contributed by atoms with Crippen LogP contribution in [0, 0.1) is 11.3 Å². The molecule has 0 aliphatic rings. The summed E-state index contributed by atoms with van der Waals surface area (Å²) in [5.41, 5.74) is -1.29. The number of ether oxygens (including phenoxy) is 2. The Hall–Kier alpha value is -4.95. The lowest BCUT2D eigenvalue weighted by Crippen LogP contribution is -2.41. The number of nitrogens with zero attached hydrogens (tertiary/aromatic N) is 5. The summed E-state index contributed by atoms with van der Waals surface area (Å²) < 4.78 is 12.5. The minimum Gasteiger partial charge on any atom is -0.444 e. The lowest BCUT2D eigenvalue weighted by atomic mass is 10.1. The van der Waals surface area contributed by atoms with Crippen LogP contribution >= 0.6 is 11.6 Å². The van der Waals surface area contributed by atoms with Crippen LogP contribution < -0.4 is 15.8 Å². The fourth-order valence-corrected chi connectivity index (χ4v) is 4.72. The smallest absolute Gasteiger partial charge is 0.416 e. The van der Waals surface area contributed by atoms with Crippen LogP contribution in [-0.4, -0.2) is 37.9 Å². The van der Waals surface area contributed by atoms with E-state index in [4.69, 9.17) is 21.1 Å². The maximum absolute atomic E-state index is 14.0. The molecule has 2 aromatic carbocycles. The van der Waals surface area contributed by atoms with Crippen molar-refractivity contribution in [2.75, 3.05) is 10.2 Å². The van der Waals surface area contributed by atoms with E-state index in [1.165, 1.54) is 10.8 Å². The summed E-state index contributed by atoms with van der Waals surface area (Å²) in [5.74, 6) is -0.353. The molecular weight excluding hydrogens is 584 g/mol. The summed E-state index contributed by atoms with van der Waals surface area (Å²) in [7, 11) is 0. The third-order valence-corrected chi connectivity index (χ3v) is 6.49. The van der Waals surface area contributed by atoms with Crippen LogP contribution in [0.3, 0.4) is 0 Å². The second-order valence-corrected chi connectivity index (χ2v) is 12.4. The van der Waals surface area contributed by atoms with Crippen molar-refractivity contribution in [1.82, 2.24) is 14.5 Å². The first-order valence-corrected chi connectivity index (χ1v) is 14.2. The molecule has 0 aliphatic heterocycles. The van der Waals surface area contributed by atoms with Crippen molar-refractivity contribution in [3.05, 3.63) is 87.4 Å². The number of nitriles is 1. The Balaban J connectivity index is 1.97. The van der Waals surface area contributed by atoms with Gasteiger partial charge in [0.05, 0.1) is 22.6 Å². The van der Waals surface area contributed by atoms with Gasteiger partial charge < -0.3 is 9.47 Å². The predicted octanol–water partition coefficient (Wildman–Crippen LogP) is 7.16. The number of carbonyl (C=O) groups excluding carboxylic acids is 2. The highest BCUT2D eigenvalue weighted by molar-refractivity contribution is 6.35. The normalized spacial score (nSPS) is 12.2. The predicted molar refractivity (Wildman–Crippen MR) is 168 cm³/mol. The van der Waals surface area contributed by atoms with Gasteiger partial charge in [-0.3, -0.25) is 19.6 Å². The zero-order valence-corrected chi connectivity index (χ0v) is 26.3. The van der Waals surface area contributed by atoms with E-state index < -0.39 is 35.0 Å². The van der Waals surface area contributed by atoms with Crippen LogP contribution in [0.15, 0.2) is 65.6 Å². The maximum Gasteiger partial charge on any atom is 0.416 e. The number of aromatic nitrogens is 3. The number of pyridine rings is 1. The number of fused-ring (bicyclic) bond motifs is 1. The van der Waals surface area contributed by atoms with Gasteiger partial charge in [-0.1, -0.05) is 41.9 Å². The van der Waals surface area contributed by atoms with Crippen molar-refractivity contribution in [3.63, 3.8) is 0 Å². The molecule has 0 unspecified atom stereocenters. The maximum atomic E-state index is 14.0. The third-order valence-electron chi connectivity index (χ3n) is 6.17. The monoisotopic (exact) mass is 616 g/mol. The van der Waals surface area contributed by atoms with Gasteiger partial charge in [0.15, 0.2) is 5.82 Å². The van der Waals surface area contributed by atoms with Crippen molar-refractivity contribution in [2.45, 2.75) is 65.7 Å². The van der Waals surface area contributed by atoms with Gasteiger partial charge in [-0.25, -0.2) is 14.6 Å². The second-order valence-electron chi connectivity index (χ2n) is 11.9. The standard InChI is InChI=1S/C32H33ClN6O5/c1-19(24-16-20-12-11-15-23(33)25(20)27(40)39(24)22-13-9-8-10-14-22)38(30(42)44-32(5,6)7)26-21(17-34)18-35-28(36-26)37-29(41)43-31(2,3)4/h8-16,18-19H,1-7H3,(H,35,36,37,41)/t19-/m0/s1. The Morgan fingerprint density at radius 3 is 2.30 bits per heavy atom. The Morgan fingerprint density at radius 1 is 1.02 bits per heavy atom. The Morgan fingerprint density at radius 2 is 1.68 bits per heavy atom. The summed E-state index contributed by atoms with van der Waals surface area (Å²) in [4.78, 5) is 50.1. The van der Waals surface area contributed by atoms with Crippen LogP contribution in [0.25, 0.3) is 16.5 Å². The average Bonchev–Trinajstić information content (AvgIpc) is 2.91. The summed E-state index contributed by atoms with van der Waals surface area (Å²) >= 11 is 6.48. The summed E-state index contributed by atoms with van der Waals surface area (Å²) in [6.07, 6.45) is -0.486. The Bertz CT molecular complexity index is 1820. The van der Waals surface area contributed by atoms with Crippen molar-refractivity contribution in [2.24, 2.45) is 0 Å². The van der Waals surface area contributed by atoms with E-state index in [0.717, 1.165) is 4.90 Å². The van der Waals surface area contributed by atoms with Crippen molar-refractivity contribution in [3.8, 4) is 11.8 Å². The van der Waals surface area contributed by atoms with E-state index in [1.54, 1.807) is 97.0 Å². The van der Waals surface area contributed by atoms with Gasteiger partial charge in [0, 0.05) is 11.4 Å². The molecule has 2 heterocycles. The highest BCUT2D eigenvalue weighted by Gasteiger charge is 2.34. The molecule has 4 aromatic rings. The molecule has 1 N–H and O–H groups in total. The molecule has 0 fully saturated rings. The quantitative estimate of drug-likeness (QED) is 0.249. The van der Waals surface area contributed by atoms with Gasteiger partial charge in [-0.15, -0.1) is 0 Å². The molecule has 11 nitrogen and oxygen atoms in total. The number of carbonyl (C=O) groups is 2. The highest BCUT2D eigenvalue weighted by Crippen LogP contribution is 2.33. The summed E-state index contributed by atoms with van der Waals surface area (Å²) in [6.45, 7) is 11.9. The lowest BCUT2D eigenvalue weighted by Gasteiger charge is -2.33. The minimum absolute atomic E-state index is 0.0742. The zero-order valence-electron chi connectivity index (χ0n) is 25.5. The number of para-hydroxylation sites is 1. The molecule has 1 atom stereocenters. The fraction of sp³-hybridized carbons (Fsp3) is 0.312. The molecule has 4 rings (SSSR count). The van der Waals surface area contributed by atoms with Crippen LogP contribution in [0.1, 0.15) is 65.8 Å². The van der Waals surface area contributed by atoms with E-state index in [2.05, 4.69) is 15.3 Å². The average molecular weight is 617 g/mol.